The number of anilines is 3. The van der Waals surface area contributed by atoms with Gasteiger partial charge in [0, 0.05) is 42.7 Å². The Morgan fingerprint density at radius 2 is 1.70 bits per heavy atom. The minimum absolute atomic E-state index is 0.00658. The van der Waals surface area contributed by atoms with Gasteiger partial charge in [-0.05, 0) is 31.7 Å². The number of hydrogen-bond acceptors (Lipinski definition) is 8. The maximum atomic E-state index is 12.9. The Kier molecular flexibility index (Phi) is 7.85. The van der Waals surface area contributed by atoms with Gasteiger partial charge in [0.2, 0.25) is 0 Å². The number of carbonyl (C=O) groups is 2. The molecule has 0 atom stereocenters. The third-order valence-corrected chi connectivity index (χ3v) is 6.33. The third-order valence-electron chi connectivity index (χ3n) is 6.33. The maximum Gasteiger partial charge on any atom is 0.411 e. The van der Waals surface area contributed by atoms with Gasteiger partial charge in [-0.25, -0.2) is 19.4 Å². The Labute approximate surface area is 213 Å². The van der Waals surface area contributed by atoms with E-state index in [1.165, 1.54) is 7.11 Å². The highest BCUT2D eigenvalue weighted by atomic mass is 16.6. The quantitative estimate of drug-likeness (QED) is 0.448. The van der Waals surface area contributed by atoms with Crippen molar-refractivity contribution >= 4 is 40.4 Å². The first-order valence-electron chi connectivity index (χ1n) is 12.1. The number of primary amides is 1. The van der Waals surface area contributed by atoms with Gasteiger partial charge < -0.3 is 25.3 Å². The number of benzene rings is 1. The summed E-state index contributed by atoms with van der Waals surface area (Å²) in [6, 6.07) is 7.47. The molecule has 2 saturated carbocycles. The summed E-state index contributed by atoms with van der Waals surface area (Å²) in [6.07, 6.45) is 6.68. The molecule has 12 heteroatoms. The van der Waals surface area contributed by atoms with Gasteiger partial charge in [-0.2, -0.15) is 0 Å². The van der Waals surface area contributed by atoms with Crippen molar-refractivity contribution in [1.82, 2.24) is 14.1 Å². The average molecular weight is 513 g/mol. The highest BCUT2D eigenvalue weighted by Gasteiger charge is 2.26. The highest BCUT2D eigenvalue weighted by molar-refractivity contribution is 5.86. The summed E-state index contributed by atoms with van der Waals surface area (Å²) >= 11 is 0. The number of nitrogens with zero attached hydrogens (tertiary/aromatic N) is 3. The lowest BCUT2D eigenvalue weighted by molar-refractivity contribution is 0.154. The molecule has 198 valence electrons. The molecule has 2 amide bonds. The molecule has 0 aliphatic heterocycles. The number of nitrogens with two attached hydrogens (primary N) is 1. The Balaban J connectivity index is 0.000000586. The van der Waals surface area contributed by atoms with Crippen molar-refractivity contribution in [2.45, 2.75) is 50.7 Å². The van der Waals surface area contributed by atoms with Crippen LogP contribution in [0, 0.1) is 0 Å². The van der Waals surface area contributed by atoms with E-state index < -0.39 is 12.2 Å². The molecule has 0 spiro atoms. The van der Waals surface area contributed by atoms with Crippen LogP contribution >= 0.6 is 0 Å². The number of fused-ring (bicyclic) bond motifs is 1. The number of aryl methyl sites for hydroxylation is 1. The number of hydrogen-bond donors (Lipinski definition) is 3. The zero-order chi connectivity index (χ0) is 26.5. The van der Waals surface area contributed by atoms with Crippen molar-refractivity contribution in [1.29, 1.82) is 0 Å². The Bertz CT molecular complexity index is 1340. The van der Waals surface area contributed by atoms with Crippen molar-refractivity contribution < 1.29 is 23.8 Å². The molecule has 0 radical (unpaired) electrons. The van der Waals surface area contributed by atoms with Crippen LogP contribution in [-0.2, 0) is 16.5 Å². The predicted molar refractivity (Wildman–Crippen MR) is 138 cm³/mol. The van der Waals surface area contributed by atoms with Crippen LogP contribution in [0.2, 0.25) is 0 Å². The van der Waals surface area contributed by atoms with Crippen LogP contribution in [0.4, 0.5) is 26.8 Å². The van der Waals surface area contributed by atoms with E-state index >= 15 is 0 Å². The molecule has 3 aromatic rings. The minimum atomic E-state index is -0.745. The van der Waals surface area contributed by atoms with E-state index in [4.69, 9.17) is 9.47 Å². The van der Waals surface area contributed by atoms with Gasteiger partial charge in [0.15, 0.2) is 0 Å². The zero-order valence-corrected chi connectivity index (χ0v) is 21.2. The summed E-state index contributed by atoms with van der Waals surface area (Å²) in [5.74, 6) is 1.19. The van der Waals surface area contributed by atoms with E-state index in [1.807, 2.05) is 16.7 Å². The molecule has 4 N–H and O–H groups in total. The lowest BCUT2D eigenvalue weighted by Crippen LogP contribution is -2.24. The molecule has 5 rings (SSSR count). The van der Waals surface area contributed by atoms with E-state index in [2.05, 4.69) is 26.1 Å². The lowest BCUT2D eigenvalue weighted by Gasteiger charge is -2.13. The van der Waals surface area contributed by atoms with Crippen molar-refractivity contribution in [3.05, 3.63) is 40.9 Å². The Hall–Kier alpha value is -4.22. The normalized spacial score (nSPS) is 15.0. The van der Waals surface area contributed by atoms with Gasteiger partial charge in [0.05, 0.1) is 31.4 Å². The number of ether oxygens (including phenoxy) is 3. The fourth-order valence-electron chi connectivity index (χ4n) is 4.33. The lowest BCUT2D eigenvalue weighted by atomic mass is 10.2. The second-order valence-electron chi connectivity index (χ2n) is 9.04. The predicted octanol–water partition coefficient (Wildman–Crippen LogP) is 4.02. The van der Waals surface area contributed by atoms with E-state index in [9.17, 15) is 14.4 Å². The van der Waals surface area contributed by atoms with Gasteiger partial charge in [-0.1, -0.05) is 12.8 Å². The number of rotatable bonds is 6. The van der Waals surface area contributed by atoms with E-state index in [0.717, 1.165) is 49.6 Å². The standard InChI is InChI=1S/C23H27N5O4.C2H5NO2/c1-27-20-13-24-21(12-19(20)28(23(27)30)16-5-3-4-6-16)25-14-9-15(11-18(10-14)31-2)26-22(29)32-17-7-8-17;1-5-2(3)4/h9-13,16-17H,3-8H2,1-2H3,(H,24,25)(H,26,29);1H3,(H2,3,4). The second kappa shape index (κ2) is 11.2. The Morgan fingerprint density at radius 1 is 1.03 bits per heavy atom. The number of aromatic nitrogens is 3. The first-order chi connectivity index (χ1) is 17.8. The molecule has 2 fully saturated rings. The van der Waals surface area contributed by atoms with E-state index in [0.29, 0.717) is 22.9 Å². The Morgan fingerprint density at radius 3 is 2.32 bits per heavy atom. The van der Waals surface area contributed by atoms with Crippen LogP contribution in [0.3, 0.4) is 0 Å². The summed E-state index contributed by atoms with van der Waals surface area (Å²) in [7, 11) is 4.58. The number of imidazole rings is 1. The van der Waals surface area contributed by atoms with Gasteiger partial charge in [0.1, 0.15) is 17.7 Å². The molecule has 1 aromatic carbocycles. The molecule has 0 unspecified atom stereocenters. The molecule has 0 bridgehead atoms. The number of methoxy groups -OCH3 is 2. The SMILES string of the molecule is COC(N)=O.COc1cc(NC(=O)OC2CC2)cc(Nc2cc3c(cn2)n(C)c(=O)n3C2CCCC2)c1. The van der Waals surface area contributed by atoms with Crippen molar-refractivity contribution in [3.63, 3.8) is 0 Å². The summed E-state index contributed by atoms with van der Waals surface area (Å²) in [5, 5.41) is 6.03. The molecular formula is C25H32N6O6. The molecule has 2 aliphatic carbocycles. The largest absolute Gasteiger partial charge is 0.497 e. The van der Waals surface area contributed by atoms with E-state index in [-0.39, 0.29) is 17.8 Å². The topological polar surface area (TPSA) is 152 Å². The molecular weight excluding hydrogens is 480 g/mol. The molecule has 12 nitrogen and oxygen atoms in total. The van der Waals surface area contributed by atoms with Crippen molar-refractivity contribution in [3.8, 4) is 5.75 Å². The van der Waals surface area contributed by atoms with Crippen LogP contribution in [0.5, 0.6) is 5.75 Å². The van der Waals surface area contributed by atoms with Crippen LogP contribution in [0.25, 0.3) is 11.0 Å². The summed E-state index contributed by atoms with van der Waals surface area (Å²) in [4.78, 5) is 38.8. The number of carbonyl (C=O) groups excluding carboxylic acids is 2. The summed E-state index contributed by atoms with van der Waals surface area (Å²) in [6.45, 7) is 0. The average Bonchev–Trinajstić information content (AvgIpc) is 3.45. The van der Waals surface area contributed by atoms with Crippen molar-refractivity contribution in [2.24, 2.45) is 12.8 Å². The van der Waals surface area contributed by atoms with Crippen LogP contribution in [0.1, 0.15) is 44.6 Å². The van der Waals surface area contributed by atoms with Crippen LogP contribution < -0.4 is 26.8 Å². The third kappa shape index (κ3) is 6.32. The fraction of sp³-hybridized carbons (Fsp3) is 0.440. The van der Waals surface area contributed by atoms with Gasteiger partial charge in [0.25, 0.3) is 0 Å². The number of nitrogens with one attached hydrogen (secondary N) is 2. The summed E-state index contributed by atoms with van der Waals surface area (Å²) < 4.78 is 18.1. The molecule has 0 saturated heterocycles. The first-order valence-corrected chi connectivity index (χ1v) is 12.1. The van der Waals surface area contributed by atoms with Gasteiger partial charge in [-0.3, -0.25) is 14.5 Å². The fourth-order valence-corrected chi connectivity index (χ4v) is 4.33. The molecule has 37 heavy (non-hydrogen) atoms. The first kappa shape index (κ1) is 25.9. The smallest absolute Gasteiger partial charge is 0.411 e. The zero-order valence-electron chi connectivity index (χ0n) is 21.2. The van der Waals surface area contributed by atoms with E-state index in [1.54, 1.807) is 37.1 Å². The van der Waals surface area contributed by atoms with Crippen molar-refractivity contribution in [2.75, 3.05) is 24.9 Å². The van der Waals surface area contributed by atoms with Gasteiger partial charge >= 0.3 is 17.9 Å². The maximum absolute atomic E-state index is 12.9. The molecule has 2 aliphatic rings. The molecule has 2 aromatic heterocycles. The summed E-state index contributed by atoms with van der Waals surface area (Å²) in [5.41, 5.74) is 7.36. The number of amides is 2. The van der Waals surface area contributed by atoms with Crippen LogP contribution in [0.15, 0.2) is 35.3 Å². The number of pyridine rings is 1. The molecule has 2 heterocycles. The highest BCUT2D eigenvalue weighted by Crippen LogP contribution is 2.32. The second-order valence-corrected chi connectivity index (χ2v) is 9.04. The van der Waals surface area contributed by atoms with Gasteiger partial charge in [-0.15, -0.1) is 0 Å². The van der Waals surface area contributed by atoms with Crippen LogP contribution in [-0.4, -0.2) is 46.6 Å². The minimum Gasteiger partial charge on any atom is -0.497 e. The monoisotopic (exact) mass is 512 g/mol.